The molecule has 0 bridgehead atoms. The Bertz CT molecular complexity index is 403. The average molecular weight is 185 g/mol. The van der Waals surface area contributed by atoms with E-state index in [0.717, 1.165) is 11.1 Å². The molecule has 2 rings (SSSR count). The molecule has 1 heterocycles. The van der Waals surface area contributed by atoms with Crippen LogP contribution in [0.2, 0.25) is 0 Å². The van der Waals surface area contributed by atoms with E-state index in [4.69, 9.17) is 0 Å². The van der Waals surface area contributed by atoms with E-state index in [-0.39, 0.29) is 0 Å². The van der Waals surface area contributed by atoms with E-state index in [1.54, 1.807) is 11.0 Å². The largest absolute Gasteiger partial charge is 0.249 e. The smallest absolute Gasteiger partial charge is 0.137 e. The van der Waals surface area contributed by atoms with Gasteiger partial charge in [0.2, 0.25) is 0 Å². The SMILES string of the molecule is C=C(Cn1cncn1)c1ccccc1. The lowest BCUT2D eigenvalue weighted by molar-refractivity contribution is 0.711. The Morgan fingerprint density at radius 3 is 2.71 bits per heavy atom. The van der Waals surface area contributed by atoms with Crippen LogP contribution in [0.4, 0.5) is 0 Å². The number of benzene rings is 1. The summed E-state index contributed by atoms with van der Waals surface area (Å²) in [6.07, 6.45) is 3.21. The van der Waals surface area contributed by atoms with Gasteiger partial charge in [-0.25, -0.2) is 9.67 Å². The molecule has 2 aromatic rings. The molecule has 1 aromatic carbocycles. The van der Waals surface area contributed by atoms with Gasteiger partial charge in [0.1, 0.15) is 12.7 Å². The first-order valence-corrected chi connectivity index (χ1v) is 4.42. The quantitative estimate of drug-likeness (QED) is 0.732. The molecule has 0 atom stereocenters. The van der Waals surface area contributed by atoms with Gasteiger partial charge in [-0.15, -0.1) is 0 Å². The summed E-state index contributed by atoms with van der Waals surface area (Å²) in [4.78, 5) is 3.88. The van der Waals surface area contributed by atoms with Crippen molar-refractivity contribution in [2.24, 2.45) is 0 Å². The lowest BCUT2D eigenvalue weighted by atomic mass is 10.1. The van der Waals surface area contributed by atoms with Crippen LogP contribution in [-0.2, 0) is 6.54 Å². The second-order valence-corrected chi connectivity index (χ2v) is 3.06. The van der Waals surface area contributed by atoms with Gasteiger partial charge in [0.15, 0.2) is 0 Å². The van der Waals surface area contributed by atoms with Crippen molar-refractivity contribution >= 4 is 5.57 Å². The van der Waals surface area contributed by atoms with Gasteiger partial charge in [-0.05, 0) is 11.1 Å². The van der Waals surface area contributed by atoms with Crippen molar-refractivity contribution in [3.05, 3.63) is 55.1 Å². The average Bonchev–Trinajstić information content (AvgIpc) is 2.72. The molecule has 0 fully saturated rings. The van der Waals surface area contributed by atoms with Crippen LogP contribution in [-0.4, -0.2) is 14.8 Å². The Labute approximate surface area is 82.7 Å². The van der Waals surface area contributed by atoms with E-state index in [2.05, 4.69) is 16.7 Å². The third kappa shape index (κ3) is 1.88. The predicted molar refractivity (Wildman–Crippen MR) is 55.5 cm³/mol. The number of rotatable bonds is 3. The fraction of sp³-hybridized carbons (Fsp3) is 0.0909. The van der Waals surface area contributed by atoms with E-state index in [1.807, 2.05) is 30.3 Å². The molecule has 14 heavy (non-hydrogen) atoms. The molecule has 0 aliphatic rings. The van der Waals surface area contributed by atoms with Gasteiger partial charge in [0.25, 0.3) is 0 Å². The van der Waals surface area contributed by atoms with Crippen molar-refractivity contribution in [3.8, 4) is 0 Å². The van der Waals surface area contributed by atoms with Gasteiger partial charge in [-0.2, -0.15) is 5.10 Å². The zero-order valence-electron chi connectivity index (χ0n) is 7.80. The van der Waals surface area contributed by atoms with Gasteiger partial charge in [-0.1, -0.05) is 36.9 Å². The van der Waals surface area contributed by atoms with Crippen molar-refractivity contribution in [1.82, 2.24) is 14.8 Å². The molecule has 0 unspecified atom stereocenters. The summed E-state index contributed by atoms with van der Waals surface area (Å²) in [5.41, 5.74) is 2.18. The van der Waals surface area contributed by atoms with Crippen LogP contribution >= 0.6 is 0 Å². The number of hydrogen-bond donors (Lipinski definition) is 0. The maximum Gasteiger partial charge on any atom is 0.137 e. The highest BCUT2D eigenvalue weighted by atomic mass is 15.3. The Morgan fingerprint density at radius 2 is 2.07 bits per heavy atom. The van der Waals surface area contributed by atoms with Gasteiger partial charge < -0.3 is 0 Å². The van der Waals surface area contributed by atoms with Crippen molar-refractivity contribution in [1.29, 1.82) is 0 Å². The minimum absolute atomic E-state index is 0.685. The lowest BCUT2D eigenvalue weighted by Crippen LogP contribution is -1.99. The molecule has 0 saturated heterocycles. The van der Waals surface area contributed by atoms with E-state index >= 15 is 0 Å². The van der Waals surface area contributed by atoms with Crippen LogP contribution < -0.4 is 0 Å². The van der Waals surface area contributed by atoms with E-state index in [1.165, 1.54) is 6.33 Å². The molecule has 0 radical (unpaired) electrons. The van der Waals surface area contributed by atoms with Gasteiger partial charge in [0.05, 0.1) is 6.54 Å². The topological polar surface area (TPSA) is 30.7 Å². The van der Waals surface area contributed by atoms with Gasteiger partial charge in [0, 0.05) is 0 Å². The van der Waals surface area contributed by atoms with Crippen LogP contribution in [0.1, 0.15) is 5.56 Å². The van der Waals surface area contributed by atoms with E-state index in [9.17, 15) is 0 Å². The summed E-state index contributed by atoms with van der Waals surface area (Å²) >= 11 is 0. The maximum absolute atomic E-state index is 4.03. The molecule has 3 nitrogen and oxygen atoms in total. The van der Waals surface area contributed by atoms with Crippen LogP contribution in [0.5, 0.6) is 0 Å². The van der Waals surface area contributed by atoms with E-state index in [0.29, 0.717) is 6.54 Å². The molecule has 0 saturated carbocycles. The second-order valence-electron chi connectivity index (χ2n) is 3.06. The van der Waals surface area contributed by atoms with Crippen LogP contribution in [0, 0.1) is 0 Å². The zero-order chi connectivity index (χ0) is 9.80. The molecule has 0 amide bonds. The highest BCUT2D eigenvalue weighted by Crippen LogP contribution is 2.12. The number of allylic oxidation sites excluding steroid dienone is 1. The van der Waals surface area contributed by atoms with Crippen molar-refractivity contribution < 1.29 is 0 Å². The third-order valence-corrected chi connectivity index (χ3v) is 2.00. The summed E-state index contributed by atoms with van der Waals surface area (Å²) in [7, 11) is 0. The standard InChI is InChI=1S/C11H11N3/c1-10(7-14-9-12-8-13-14)11-5-3-2-4-6-11/h2-6,8-9H,1,7H2. The predicted octanol–water partition coefficient (Wildman–Crippen LogP) is 1.99. The first-order chi connectivity index (χ1) is 6.86. The van der Waals surface area contributed by atoms with Crippen LogP contribution in [0.3, 0.4) is 0 Å². The zero-order valence-corrected chi connectivity index (χ0v) is 7.80. The van der Waals surface area contributed by atoms with E-state index < -0.39 is 0 Å². The first-order valence-electron chi connectivity index (χ1n) is 4.42. The highest BCUT2D eigenvalue weighted by molar-refractivity contribution is 5.62. The number of aromatic nitrogens is 3. The summed E-state index contributed by atoms with van der Waals surface area (Å²) in [6.45, 7) is 4.70. The fourth-order valence-corrected chi connectivity index (χ4v) is 1.28. The molecule has 3 heteroatoms. The molecule has 0 aliphatic carbocycles. The second kappa shape index (κ2) is 3.87. The molecule has 1 aromatic heterocycles. The van der Waals surface area contributed by atoms with Crippen molar-refractivity contribution in [2.75, 3.05) is 0 Å². The Kier molecular flexibility index (Phi) is 2.40. The van der Waals surface area contributed by atoms with Crippen LogP contribution in [0.15, 0.2) is 49.6 Å². The Hall–Kier alpha value is -1.90. The fourth-order valence-electron chi connectivity index (χ4n) is 1.28. The maximum atomic E-state index is 4.03. The van der Waals surface area contributed by atoms with Crippen LogP contribution in [0.25, 0.3) is 5.57 Å². The molecule has 70 valence electrons. The first kappa shape index (κ1) is 8.69. The normalized spacial score (nSPS) is 10.0. The molecular formula is C11H11N3. The lowest BCUT2D eigenvalue weighted by Gasteiger charge is -2.04. The van der Waals surface area contributed by atoms with Gasteiger partial charge in [-0.3, -0.25) is 0 Å². The third-order valence-electron chi connectivity index (χ3n) is 2.00. The Morgan fingerprint density at radius 1 is 1.29 bits per heavy atom. The molecule has 0 spiro atoms. The number of hydrogen-bond acceptors (Lipinski definition) is 2. The molecular weight excluding hydrogens is 174 g/mol. The molecule has 0 N–H and O–H groups in total. The monoisotopic (exact) mass is 185 g/mol. The highest BCUT2D eigenvalue weighted by Gasteiger charge is 1.98. The Balaban J connectivity index is 2.11. The minimum atomic E-state index is 0.685. The summed E-state index contributed by atoms with van der Waals surface area (Å²) < 4.78 is 1.76. The summed E-state index contributed by atoms with van der Waals surface area (Å²) in [6, 6.07) is 10.1. The van der Waals surface area contributed by atoms with Gasteiger partial charge >= 0.3 is 0 Å². The van der Waals surface area contributed by atoms with Crippen molar-refractivity contribution in [3.63, 3.8) is 0 Å². The van der Waals surface area contributed by atoms with Crippen molar-refractivity contribution in [2.45, 2.75) is 6.54 Å². The molecule has 0 aliphatic heterocycles. The summed E-state index contributed by atoms with van der Waals surface area (Å²) in [5, 5.41) is 4.03. The minimum Gasteiger partial charge on any atom is -0.249 e. The number of nitrogens with zero attached hydrogens (tertiary/aromatic N) is 3. The summed E-state index contributed by atoms with van der Waals surface area (Å²) in [5.74, 6) is 0.